The van der Waals surface area contributed by atoms with Crippen LogP contribution in [-0.4, -0.2) is 36.6 Å². The maximum Gasteiger partial charge on any atom is 0.314 e. The Kier molecular flexibility index (Phi) is 4.84. The van der Waals surface area contributed by atoms with Crippen LogP contribution in [0.1, 0.15) is 11.3 Å². The summed E-state index contributed by atoms with van der Waals surface area (Å²) in [5, 5.41) is 9.56. The molecule has 10 heteroatoms. The highest BCUT2D eigenvalue weighted by Crippen LogP contribution is 2.33. The average Bonchev–Trinajstić information content (AvgIpc) is 3.05. The molecule has 0 bridgehead atoms. The Morgan fingerprint density at radius 2 is 2.08 bits per heavy atom. The number of carbonyl (C=O) groups excluding carboxylic acids is 2. The number of hydrogen-bond donors (Lipinski definition) is 2. The van der Waals surface area contributed by atoms with E-state index in [4.69, 9.17) is 11.6 Å². The molecule has 8 nitrogen and oxygen atoms in total. The van der Waals surface area contributed by atoms with Gasteiger partial charge in [0.05, 0.1) is 22.9 Å². The van der Waals surface area contributed by atoms with Gasteiger partial charge in [0.2, 0.25) is 0 Å². The highest BCUT2D eigenvalue weighted by atomic mass is 35.5. The number of sulfone groups is 1. The number of fused-ring (bicyclic) bond motifs is 1. The number of nitrogens with one attached hydrogen (secondary N) is 2. The van der Waals surface area contributed by atoms with Gasteiger partial charge in [0.25, 0.3) is 0 Å². The van der Waals surface area contributed by atoms with Crippen molar-refractivity contribution in [3.05, 3.63) is 53.2 Å². The van der Waals surface area contributed by atoms with E-state index in [1.165, 1.54) is 10.8 Å². The maximum absolute atomic E-state index is 12.2. The van der Waals surface area contributed by atoms with Crippen LogP contribution in [0.15, 0.2) is 36.9 Å². The number of hydrogen-bond acceptors (Lipinski definition) is 5. The molecule has 3 rings (SSSR count). The van der Waals surface area contributed by atoms with Crippen LogP contribution in [0.5, 0.6) is 0 Å². The molecule has 2 aromatic rings. The van der Waals surface area contributed by atoms with Crippen molar-refractivity contribution in [3.8, 4) is 5.69 Å². The largest absolute Gasteiger partial charge is 0.344 e. The molecule has 1 aromatic heterocycles. The van der Waals surface area contributed by atoms with Crippen molar-refractivity contribution < 1.29 is 18.0 Å². The van der Waals surface area contributed by atoms with Gasteiger partial charge < -0.3 is 10.6 Å². The summed E-state index contributed by atoms with van der Waals surface area (Å²) in [6, 6.07) is 6.69. The summed E-state index contributed by atoms with van der Waals surface area (Å²) in [5.41, 5.74) is 1.24. The van der Waals surface area contributed by atoms with Gasteiger partial charge in [-0.2, -0.15) is 5.10 Å². The first kappa shape index (κ1) is 18.2. The van der Waals surface area contributed by atoms with Crippen molar-refractivity contribution in [1.82, 2.24) is 15.1 Å². The molecule has 0 saturated heterocycles. The summed E-state index contributed by atoms with van der Waals surface area (Å²) in [7, 11) is -3.33. The third kappa shape index (κ3) is 3.63. The Balaban J connectivity index is 2.00. The Morgan fingerprint density at radius 3 is 2.77 bits per heavy atom. The molecule has 0 spiro atoms. The van der Waals surface area contributed by atoms with Gasteiger partial charge in [0.15, 0.2) is 9.84 Å². The fraction of sp³-hybridized carbons (Fsp3) is 0.188. The lowest BCUT2D eigenvalue weighted by molar-refractivity contribution is -0.136. The molecule has 1 aliphatic rings. The second-order valence-corrected chi connectivity index (χ2v) is 8.15. The SMILES string of the molecule is C=CCNC(=O)C(=O)Nc1c2c(nn1-c1cccc(Cl)c1)CS(=O)(=O)C2. The predicted molar refractivity (Wildman–Crippen MR) is 96.7 cm³/mol. The molecule has 2 amide bonds. The van der Waals surface area contributed by atoms with Crippen molar-refractivity contribution in [2.75, 3.05) is 11.9 Å². The van der Waals surface area contributed by atoms with Crippen LogP contribution in [0.2, 0.25) is 5.02 Å². The van der Waals surface area contributed by atoms with Crippen molar-refractivity contribution >= 4 is 39.1 Å². The summed E-state index contributed by atoms with van der Waals surface area (Å²) in [6.45, 7) is 3.58. The fourth-order valence-electron chi connectivity index (χ4n) is 2.58. The van der Waals surface area contributed by atoms with E-state index in [2.05, 4.69) is 22.3 Å². The van der Waals surface area contributed by atoms with Gasteiger partial charge in [-0.1, -0.05) is 23.7 Å². The number of nitrogens with zero attached hydrogens (tertiary/aromatic N) is 2. The second kappa shape index (κ2) is 6.93. The topological polar surface area (TPSA) is 110 Å². The molecule has 0 fully saturated rings. The van der Waals surface area contributed by atoms with Crippen LogP contribution in [0.4, 0.5) is 5.82 Å². The first-order valence-corrected chi connectivity index (χ1v) is 9.78. The molecule has 0 saturated carbocycles. The molecular weight excluding hydrogens is 380 g/mol. The van der Waals surface area contributed by atoms with Crippen molar-refractivity contribution in [3.63, 3.8) is 0 Å². The van der Waals surface area contributed by atoms with E-state index in [9.17, 15) is 18.0 Å². The molecule has 1 aliphatic heterocycles. The molecule has 26 heavy (non-hydrogen) atoms. The van der Waals surface area contributed by atoms with Gasteiger partial charge >= 0.3 is 11.8 Å². The molecule has 0 radical (unpaired) electrons. The number of amides is 2. The van der Waals surface area contributed by atoms with E-state index in [0.717, 1.165) is 0 Å². The highest BCUT2D eigenvalue weighted by molar-refractivity contribution is 7.90. The molecule has 2 N–H and O–H groups in total. The third-order valence-electron chi connectivity index (χ3n) is 3.69. The lowest BCUT2D eigenvalue weighted by Gasteiger charge is -2.11. The zero-order valence-corrected chi connectivity index (χ0v) is 15.1. The quantitative estimate of drug-likeness (QED) is 0.598. The maximum atomic E-state index is 12.2. The molecule has 0 atom stereocenters. The lowest BCUT2D eigenvalue weighted by atomic mass is 10.2. The Hall–Kier alpha value is -2.65. The summed E-state index contributed by atoms with van der Waals surface area (Å²) in [6.07, 6.45) is 1.44. The Bertz CT molecular complexity index is 1010. The van der Waals surface area contributed by atoms with Crippen molar-refractivity contribution in [2.24, 2.45) is 0 Å². The zero-order valence-electron chi connectivity index (χ0n) is 13.5. The molecule has 0 aliphatic carbocycles. The first-order valence-electron chi connectivity index (χ1n) is 7.58. The van der Waals surface area contributed by atoms with Crippen LogP contribution in [0.3, 0.4) is 0 Å². The number of benzene rings is 1. The highest BCUT2D eigenvalue weighted by Gasteiger charge is 2.33. The van der Waals surface area contributed by atoms with Gasteiger partial charge in [-0.25, -0.2) is 13.1 Å². The van der Waals surface area contributed by atoms with E-state index in [-0.39, 0.29) is 23.9 Å². The number of anilines is 1. The van der Waals surface area contributed by atoms with Crippen LogP contribution in [-0.2, 0) is 30.9 Å². The molecule has 1 aromatic carbocycles. The van der Waals surface area contributed by atoms with Gasteiger partial charge in [-0.15, -0.1) is 6.58 Å². The smallest absolute Gasteiger partial charge is 0.314 e. The van der Waals surface area contributed by atoms with E-state index in [0.29, 0.717) is 22.0 Å². The number of carbonyl (C=O) groups is 2. The minimum atomic E-state index is -3.33. The van der Waals surface area contributed by atoms with E-state index in [1.54, 1.807) is 24.3 Å². The minimum Gasteiger partial charge on any atom is -0.344 e. The minimum absolute atomic E-state index is 0.131. The zero-order chi connectivity index (χ0) is 18.9. The number of rotatable bonds is 4. The van der Waals surface area contributed by atoms with Crippen molar-refractivity contribution in [2.45, 2.75) is 11.5 Å². The summed E-state index contributed by atoms with van der Waals surface area (Å²) in [5.74, 6) is -2.13. The summed E-state index contributed by atoms with van der Waals surface area (Å²) >= 11 is 6.00. The van der Waals surface area contributed by atoms with Gasteiger partial charge in [-0.3, -0.25) is 9.59 Å². The predicted octanol–water partition coefficient (Wildman–Crippen LogP) is 1.19. The summed E-state index contributed by atoms with van der Waals surface area (Å²) < 4.78 is 25.2. The third-order valence-corrected chi connectivity index (χ3v) is 5.36. The molecule has 2 heterocycles. The average molecular weight is 395 g/mol. The summed E-state index contributed by atoms with van der Waals surface area (Å²) in [4.78, 5) is 24.0. The molecule has 0 unspecified atom stereocenters. The second-order valence-electron chi connectivity index (χ2n) is 5.65. The van der Waals surface area contributed by atoms with Gasteiger partial charge in [-0.05, 0) is 18.2 Å². The standard InChI is InChI=1S/C16H15ClN4O4S/c1-2-6-18-15(22)16(23)19-14-12-8-26(24,25)9-13(12)20-21(14)11-5-3-4-10(17)7-11/h2-5,7H,1,6,8-9H2,(H,18,22)(H,19,23). The van der Waals surface area contributed by atoms with E-state index < -0.39 is 21.7 Å². The number of aromatic nitrogens is 2. The van der Waals surface area contributed by atoms with Crippen molar-refractivity contribution in [1.29, 1.82) is 0 Å². The van der Waals surface area contributed by atoms with Gasteiger partial charge in [0, 0.05) is 17.1 Å². The van der Waals surface area contributed by atoms with Crippen LogP contribution in [0, 0.1) is 0 Å². The van der Waals surface area contributed by atoms with Crippen LogP contribution >= 0.6 is 11.6 Å². The van der Waals surface area contributed by atoms with E-state index >= 15 is 0 Å². The number of halogens is 1. The van der Waals surface area contributed by atoms with Crippen LogP contribution < -0.4 is 10.6 Å². The first-order chi connectivity index (χ1) is 12.3. The van der Waals surface area contributed by atoms with Gasteiger partial charge in [0.1, 0.15) is 5.82 Å². The van der Waals surface area contributed by atoms with Crippen LogP contribution in [0.25, 0.3) is 5.69 Å². The molecular formula is C16H15ClN4O4S. The Labute approximate surface area is 154 Å². The lowest BCUT2D eigenvalue weighted by Crippen LogP contribution is -2.36. The monoisotopic (exact) mass is 394 g/mol. The van der Waals surface area contributed by atoms with E-state index in [1.807, 2.05) is 0 Å². The Morgan fingerprint density at radius 1 is 1.31 bits per heavy atom. The fourth-order valence-corrected chi connectivity index (χ4v) is 4.25. The molecule has 136 valence electrons. The normalized spacial score (nSPS) is 14.5.